The van der Waals surface area contributed by atoms with Crippen LogP contribution in [0, 0.1) is 11.6 Å². The summed E-state index contributed by atoms with van der Waals surface area (Å²) in [6, 6.07) is 13.8. The summed E-state index contributed by atoms with van der Waals surface area (Å²) in [6.45, 7) is 1.93. The molecule has 3 aromatic carbocycles. The SMILES string of the molecule is CCOC(=O)Nc1nc2cc(-c3cc(Cc4n[nH]c(=O)c5cc(F)ccc45)ccc3F)ccc2[nH]1. The molecular formula is C25H19F2N5O3. The van der Waals surface area contributed by atoms with Gasteiger partial charge in [-0.3, -0.25) is 10.1 Å². The van der Waals surface area contributed by atoms with E-state index < -0.39 is 23.3 Å². The lowest BCUT2D eigenvalue weighted by atomic mass is 9.98. The Hall–Kier alpha value is -4.60. The second kappa shape index (κ2) is 8.98. The Morgan fingerprint density at radius 2 is 1.91 bits per heavy atom. The van der Waals surface area contributed by atoms with Gasteiger partial charge in [-0.15, -0.1) is 0 Å². The van der Waals surface area contributed by atoms with Crippen LogP contribution in [0.2, 0.25) is 0 Å². The number of anilines is 1. The summed E-state index contributed by atoms with van der Waals surface area (Å²) >= 11 is 0. The fourth-order valence-corrected chi connectivity index (χ4v) is 3.92. The van der Waals surface area contributed by atoms with Crippen LogP contribution in [0.15, 0.2) is 59.4 Å². The molecule has 3 N–H and O–H groups in total. The first-order chi connectivity index (χ1) is 16.9. The topological polar surface area (TPSA) is 113 Å². The summed E-state index contributed by atoms with van der Waals surface area (Å²) in [5, 5.41) is 9.75. The Morgan fingerprint density at radius 1 is 1.06 bits per heavy atom. The third-order valence-corrected chi connectivity index (χ3v) is 5.52. The Kier molecular flexibility index (Phi) is 5.69. The van der Waals surface area contributed by atoms with E-state index in [2.05, 4.69) is 25.5 Å². The van der Waals surface area contributed by atoms with E-state index in [1.54, 1.807) is 37.3 Å². The average Bonchev–Trinajstić information content (AvgIpc) is 3.23. The van der Waals surface area contributed by atoms with Crippen molar-refractivity contribution in [1.29, 1.82) is 0 Å². The van der Waals surface area contributed by atoms with Crippen molar-refractivity contribution in [3.63, 3.8) is 0 Å². The van der Waals surface area contributed by atoms with Crippen LogP contribution in [0.1, 0.15) is 18.2 Å². The fourth-order valence-electron chi connectivity index (χ4n) is 3.92. The number of hydrogen-bond acceptors (Lipinski definition) is 5. The molecule has 0 saturated carbocycles. The minimum absolute atomic E-state index is 0.202. The van der Waals surface area contributed by atoms with Crippen LogP contribution < -0.4 is 10.9 Å². The third kappa shape index (κ3) is 4.45. The van der Waals surface area contributed by atoms with Gasteiger partial charge in [0.15, 0.2) is 0 Å². The second-order valence-electron chi connectivity index (χ2n) is 7.84. The van der Waals surface area contributed by atoms with Crippen LogP contribution in [0.4, 0.5) is 19.5 Å². The molecule has 0 saturated heterocycles. The zero-order chi connectivity index (χ0) is 24.5. The van der Waals surface area contributed by atoms with Gasteiger partial charge in [-0.05, 0) is 60.5 Å². The number of carbonyl (C=O) groups excluding carboxylic acids is 1. The van der Waals surface area contributed by atoms with E-state index in [1.807, 2.05) is 0 Å². The molecule has 0 aliphatic rings. The molecule has 5 aromatic rings. The molecule has 0 unspecified atom stereocenters. The number of amides is 1. The summed E-state index contributed by atoms with van der Waals surface area (Å²) in [5.41, 5.74) is 2.95. The van der Waals surface area contributed by atoms with Crippen molar-refractivity contribution < 1.29 is 18.3 Å². The molecule has 0 bridgehead atoms. The number of benzene rings is 3. The molecule has 8 nitrogen and oxygen atoms in total. The number of H-pyrrole nitrogens is 2. The minimum atomic E-state index is -0.628. The first-order valence-corrected chi connectivity index (χ1v) is 10.8. The first-order valence-electron chi connectivity index (χ1n) is 10.8. The molecule has 0 fully saturated rings. The summed E-state index contributed by atoms with van der Waals surface area (Å²) in [6.07, 6.45) is -0.332. The van der Waals surface area contributed by atoms with E-state index in [4.69, 9.17) is 4.74 Å². The van der Waals surface area contributed by atoms with Crippen molar-refractivity contribution in [1.82, 2.24) is 20.2 Å². The quantitative estimate of drug-likeness (QED) is 0.335. The highest BCUT2D eigenvalue weighted by Crippen LogP contribution is 2.28. The number of halogens is 2. The Balaban J connectivity index is 1.48. The summed E-state index contributed by atoms with van der Waals surface area (Å²) in [5.74, 6) is -0.717. The van der Waals surface area contributed by atoms with Gasteiger partial charge in [0.1, 0.15) is 11.6 Å². The molecule has 1 amide bonds. The molecule has 176 valence electrons. The maximum absolute atomic E-state index is 14.8. The lowest BCUT2D eigenvalue weighted by Crippen LogP contribution is -2.14. The van der Waals surface area contributed by atoms with Crippen LogP contribution in [-0.2, 0) is 11.2 Å². The van der Waals surface area contributed by atoms with Crippen molar-refractivity contribution in [3.05, 3.63) is 87.8 Å². The zero-order valence-electron chi connectivity index (χ0n) is 18.5. The minimum Gasteiger partial charge on any atom is -0.450 e. The van der Waals surface area contributed by atoms with E-state index in [1.165, 1.54) is 24.3 Å². The highest BCUT2D eigenvalue weighted by atomic mass is 19.1. The Morgan fingerprint density at radius 3 is 2.74 bits per heavy atom. The molecule has 0 atom stereocenters. The maximum atomic E-state index is 14.8. The molecule has 35 heavy (non-hydrogen) atoms. The number of fused-ring (bicyclic) bond motifs is 2. The molecule has 0 spiro atoms. The highest BCUT2D eigenvalue weighted by Gasteiger charge is 2.13. The number of ether oxygens (including phenoxy) is 1. The number of aromatic amines is 2. The molecule has 2 aromatic heterocycles. The van der Waals surface area contributed by atoms with Gasteiger partial charge in [-0.25, -0.2) is 23.7 Å². The normalized spacial score (nSPS) is 11.2. The number of rotatable bonds is 5. The number of nitrogens with one attached hydrogen (secondary N) is 3. The lowest BCUT2D eigenvalue weighted by molar-refractivity contribution is 0.167. The smallest absolute Gasteiger partial charge is 0.413 e. The van der Waals surface area contributed by atoms with Gasteiger partial charge in [0.25, 0.3) is 5.56 Å². The summed E-state index contributed by atoms with van der Waals surface area (Å²) in [7, 11) is 0. The van der Waals surface area contributed by atoms with E-state index in [0.717, 1.165) is 5.56 Å². The van der Waals surface area contributed by atoms with Gasteiger partial charge >= 0.3 is 6.09 Å². The number of hydrogen-bond donors (Lipinski definition) is 3. The Bertz CT molecular complexity index is 1640. The van der Waals surface area contributed by atoms with Crippen molar-refractivity contribution in [3.8, 4) is 11.1 Å². The summed E-state index contributed by atoms with van der Waals surface area (Å²) < 4.78 is 33.3. The number of aromatic nitrogens is 4. The standard InChI is InChI=1S/C25H19F2N5O3/c1-2-35-25(34)30-24-28-20-8-4-14(11-22(20)29-24)17-9-13(3-7-19(17)27)10-21-16-6-5-15(26)12-18(16)23(33)32-31-21/h3-9,11-12H,2,10H2,1H3,(H,32,33)(H2,28,29,30,34). The predicted molar refractivity (Wildman–Crippen MR) is 127 cm³/mol. The van der Waals surface area contributed by atoms with Crippen LogP contribution in [0.25, 0.3) is 32.9 Å². The predicted octanol–water partition coefficient (Wildman–Crippen LogP) is 4.90. The lowest BCUT2D eigenvalue weighted by Gasteiger charge is -2.09. The molecule has 0 radical (unpaired) electrons. The molecule has 0 aliphatic heterocycles. The monoisotopic (exact) mass is 475 g/mol. The van der Waals surface area contributed by atoms with Gasteiger partial charge in [0, 0.05) is 17.4 Å². The number of imidazole rings is 1. The van der Waals surface area contributed by atoms with Crippen LogP contribution in [0.3, 0.4) is 0 Å². The largest absolute Gasteiger partial charge is 0.450 e. The van der Waals surface area contributed by atoms with Crippen LogP contribution >= 0.6 is 0 Å². The van der Waals surface area contributed by atoms with Crippen molar-refractivity contribution in [2.24, 2.45) is 0 Å². The number of carbonyl (C=O) groups is 1. The van der Waals surface area contributed by atoms with Gasteiger partial charge in [0.05, 0.1) is 28.7 Å². The van der Waals surface area contributed by atoms with Gasteiger partial charge in [0.2, 0.25) is 5.95 Å². The van der Waals surface area contributed by atoms with Crippen molar-refractivity contribution in [2.45, 2.75) is 13.3 Å². The molecule has 0 aliphatic carbocycles. The number of nitrogens with zero attached hydrogens (tertiary/aromatic N) is 2. The molecule has 2 heterocycles. The van der Waals surface area contributed by atoms with Crippen LogP contribution in [-0.4, -0.2) is 32.9 Å². The fraction of sp³-hybridized carbons (Fsp3) is 0.120. The third-order valence-electron chi connectivity index (χ3n) is 5.52. The van der Waals surface area contributed by atoms with Crippen LogP contribution in [0.5, 0.6) is 0 Å². The molecule has 5 rings (SSSR count). The van der Waals surface area contributed by atoms with Gasteiger partial charge < -0.3 is 9.72 Å². The molecular weight excluding hydrogens is 456 g/mol. The molecule has 10 heteroatoms. The summed E-state index contributed by atoms with van der Waals surface area (Å²) in [4.78, 5) is 31.0. The van der Waals surface area contributed by atoms with Gasteiger partial charge in [-0.1, -0.05) is 12.1 Å². The average molecular weight is 475 g/mol. The van der Waals surface area contributed by atoms with Crippen molar-refractivity contribution >= 4 is 33.8 Å². The zero-order valence-corrected chi connectivity index (χ0v) is 18.5. The first kappa shape index (κ1) is 22.2. The van der Waals surface area contributed by atoms with E-state index >= 15 is 0 Å². The van der Waals surface area contributed by atoms with E-state index in [-0.39, 0.29) is 17.9 Å². The Labute approximate surface area is 197 Å². The van der Waals surface area contributed by atoms with E-state index in [0.29, 0.717) is 39.7 Å². The second-order valence-corrected chi connectivity index (χ2v) is 7.84. The maximum Gasteiger partial charge on any atom is 0.413 e. The van der Waals surface area contributed by atoms with Gasteiger partial charge in [-0.2, -0.15) is 5.10 Å². The highest BCUT2D eigenvalue weighted by molar-refractivity contribution is 5.88. The van der Waals surface area contributed by atoms with E-state index in [9.17, 15) is 18.4 Å². The van der Waals surface area contributed by atoms with Crippen molar-refractivity contribution in [2.75, 3.05) is 11.9 Å².